The molecule has 1 unspecified atom stereocenters. The molecule has 5 atom stereocenters. The van der Waals surface area contributed by atoms with Gasteiger partial charge in [0.2, 0.25) is 0 Å². The van der Waals surface area contributed by atoms with E-state index in [2.05, 4.69) is 4.90 Å². The number of rotatable bonds is 2. The molecule has 2 aliphatic heterocycles. The Hall–Kier alpha value is -1.30. The Labute approximate surface area is 153 Å². The summed E-state index contributed by atoms with van der Waals surface area (Å²) in [7, 11) is 0. The number of benzene rings is 1. The maximum Gasteiger partial charge on any atom is 0.165 e. The first-order valence-electron chi connectivity index (χ1n) is 10.2. The molecular formula is C21H27NO4. The normalized spacial score (nSPS) is 43.5. The third-order valence-electron chi connectivity index (χ3n) is 8.26. The van der Waals surface area contributed by atoms with E-state index in [0.717, 1.165) is 37.4 Å². The molecule has 2 saturated carbocycles. The maximum atomic E-state index is 12.1. The van der Waals surface area contributed by atoms with Gasteiger partial charge >= 0.3 is 0 Å². The Balaban J connectivity index is 1.52. The van der Waals surface area contributed by atoms with E-state index < -0.39 is 23.2 Å². The summed E-state index contributed by atoms with van der Waals surface area (Å²) in [6, 6.07) is 3.80. The summed E-state index contributed by atoms with van der Waals surface area (Å²) in [5, 5.41) is 33.2. The van der Waals surface area contributed by atoms with Crippen molar-refractivity contribution in [2.75, 3.05) is 13.1 Å². The lowest BCUT2D eigenvalue weighted by molar-refractivity contribution is -0.209. The van der Waals surface area contributed by atoms with Crippen LogP contribution in [0.5, 0.6) is 11.5 Å². The van der Waals surface area contributed by atoms with Crippen LogP contribution in [0.4, 0.5) is 0 Å². The van der Waals surface area contributed by atoms with Crippen molar-refractivity contribution in [3.8, 4) is 11.5 Å². The van der Waals surface area contributed by atoms with Gasteiger partial charge in [0.15, 0.2) is 11.5 Å². The van der Waals surface area contributed by atoms with Crippen LogP contribution in [0.1, 0.15) is 49.7 Å². The summed E-state index contributed by atoms with van der Waals surface area (Å²) < 4.78 is 6.16. The lowest BCUT2D eigenvalue weighted by Crippen LogP contribution is -2.77. The van der Waals surface area contributed by atoms with Crippen LogP contribution in [-0.4, -0.2) is 57.2 Å². The largest absolute Gasteiger partial charge is 0.504 e. The standard InChI is InChI=1S/C21H27NO4/c23-14-5-4-13-10-16-21(25)7-6-15(24)19-20(21,17(13)18(14)26-19)8-9-22(16)11-12-2-1-3-12/h4-5,12,15-16,19,23-25H,1-3,6-11H2/t15?,16-,19+,20+,21-/m1/s1. The highest BCUT2D eigenvalue weighted by molar-refractivity contribution is 5.62. The smallest absolute Gasteiger partial charge is 0.165 e. The van der Waals surface area contributed by atoms with E-state index in [1.807, 2.05) is 6.07 Å². The zero-order valence-electron chi connectivity index (χ0n) is 15.0. The van der Waals surface area contributed by atoms with Crippen molar-refractivity contribution in [1.82, 2.24) is 4.90 Å². The summed E-state index contributed by atoms with van der Waals surface area (Å²) in [5.41, 5.74) is 0.712. The van der Waals surface area contributed by atoms with E-state index in [-0.39, 0.29) is 11.8 Å². The molecule has 0 amide bonds. The van der Waals surface area contributed by atoms with Crippen molar-refractivity contribution in [1.29, 1.82) is 0 Å². The van der Waals surface area contributed by atoms with Crippen molar-refractivity contribution >= 4 is 0 Å². The molecular weight excluding hydrogens is 330 g/mol. The fourth-order valence-electron chi connectivity index (χ4n) is 6.83. The number of piperidine rings is 1. The van der Waals surface area contributed by atoms with Crippen molar-refractivity contribution in [3.05, 3.63) is 23.3 Å². The quantitative estimate of drug-likeness (QED) is 0.751. The van der Waals surface area contributed by atoms with Crippen LogP contribution in [0.15, 0.2) is 12.1 Å². The van der Waals surface area contributed by atoms with Gasteiger partial charge in [0.05, 0.1) is 17.1 Å². The van der Waals surface area contributed by atoms with Gasteiger partial charge in [0, 0.05) is 18.2 Å². The predicted molar refractivity (Wildman–Crippen MR) is 95.4 cm³/mol. The molecule has 1 aromatic rings. The summed E-state index contributed by atoms with van der Waals surface area (Å²) in [6.07, 6.45) is 5.68. The Morgan fingerprint density at radius 1 is 1.19 bits per heavy atom. The Bertz CT molecular complexity index is 778. The van der Waals surface area contributed by atoms with Gasteiger partial charge in [-0.25, -0.2) is 0 Å². The topological polar surface area (TPSA) is 73.2 Å². The first-order chi connectivity index (χ1) is 12.5. The van der Waals surface area contributed by atoms with Gasteiger partial charge in [-0.05, 0) is 62.6 Å². The molecule has 0 aromatic heterocycles. The van der Waals surface area contributed by atoms with Crippen molar-refractivity contribution < 1.29 is 20.1 Å². The fraction of sp³-hybridized carbons (Fsp3) is 0.714. The van der Waals surface area contributed by atoms with E-state index in [1.54, 1.807) is 6.07 Å². The van der Waals surface area contributed by atoms with Gasteiger partial charge in [-0.3, -0.25) is 4.90 Å². The summed E-state index contributed by atoms with van der Waals surface area (Å²) >= 11 is 0. The van der Waals surface area contributed by atoms with Crippen molar-refractivity contribution in [2.45, 2.75) is 74.2 Å². The first-order valence-corrected chi connectivity index (χ1v) is 10.2. The minimum atomic E-state index is -0.884. The highest BCUT2D eigenvalue weighted by Gasteiger charge is 2.72. The summed E-state index contributed by atoms with van der Waals surface area (Å²) in [6.45, 7) is 2.02. The van der Waals surface area contributed by atoms with Gasteiger partial charge in [-0.1, -0.05) is 12.5 Å². The minimum Gasteiger partial charge on any atom is -0.504 e. The number of aliphatic hydroxyl groups excluding tert-OH is 1. The highest BCUT2D eigenvalue weighted by Crippen LogP contribution is 2.65. The second kappa shape index (κ2) is 4.94. The van der Waals surface area contributed by atoms with E-state index >= 15 is 0 Å². The van der Waals surface area contributed by atoms with Gasteiger partial charge < -0.3 is 20.1 Å². The Morgan fingerprint density at radius 3 is 2.81 bits per heavy atom. The van der Waals surface area contributed by atoms with Crippen molar-refractivity contribution in [3.63, 3.8) is 0 Å². The second-order valence-electron chi connectivity index (χ2n) is 9.25. The zero-order chi connectivity index (χ0) is 17.7. The molecule has 5 heteroatoms. The van der Waals surface area contributed by atoms with E-state index in [0.29, 0.717) is 18.6 Å². The second-order valence-corrected chi connectivity index (χ2v) is 9.25. The molecule has 6 rings (SSSR count). The number of likely N-dealkylation sites (tertiary alicyclic amines) is 1. The average Bonchev–Trinajstić information content (AvgIpc) is 2.93. The molecule has 1 aromatic carbocycles. The third kappa shape index (κ3) is 1.64. The van der Waals surface area contributed by atoms with Gasteiger partial charge in [-0.15, -0.1) is 0 Å². The first kappa shape index (κ1) is 15.7. The summed E-state index contributed by atoms with van der Waals surface area (Å²) in [4.78, 5) is 2.53. The molecule has 0 radical (unpaired) electrons. The van der Waals surface area contributed by atoms with Crippen LogP contribution < -0.4 is 4.74 Å². The molecule has 3 fully saturated rings. The summed E-state index contributed by atoms with van der Waals surface area (Å²) in [5.74, 6) is 1.42. The minimum absolute atomic E-state index is 0.0819. The van der Waals surface area contributed by atoms with Crippen LogP contribution in [-0.2, 0) is 11.8 Å². The van der Waals surface area contributed by atoms with E-state index in [9.17, 15) is 15.3 Å². The Morgan fingerprint density at radius 2 is 2.04 bits per heavy atom. The van der Waals surface area contributed by atoms with Crippen LogP contribution in [0.2, 0.25) is 0 Å². The van der Waals surface area contributed by atoms with Gasteiger partial charge in [0.1, 0.15) is 6.10 Å². The molecule has 5 nitrogen and oxygen atoms in total. The molecule has 2 bridgehead atoms. The molecule has 1 spiro atoms. The van der Waals surface area contributed by atoms with E-state index in [4.69, 9.17) is 4.74 Å². The van der Waals surface area contributed by atoms with Gasteiger partial charge in [0.25, 0.3) is 0 Å². The third-order valence-corrected chi connectivity index (χ3v) is 8.26. The van der Waals surface area contributed by atoms with Crippen LogP contribution >= 0.6 is 0 Å². The number of aromatic hydroxyl groups is 1. The SMILES string of the molecule is Oc1ccc2c3c1O[C@H]1C(O)CC[C@@]4(O)[C@@H](C2)N(CC2CCC2)CC[C@]314. The Kier molecular flexibility index (Phi) is 2.99. The molecule has 26 heavy (non-hydrogen) atoms. The van der Waals surface area contributed by atoms with Crippen LogP contribution in [0.3, 0.4) is 0 Å². The van der Waals surface area contributed by atoms with E-state index in [1.165, 1.54) is 24.8 Å². The number of phenols is 1. The number of aliphatic hydroxyl groups is 2. The zero-order valence-corrected chi connectivity index (χ0v) is 15.0. The van der Waals surface area contributed by atoms with Crippen LogP contribution in [0, 0.1) is 5.92 Å². The molecule has 3 N–H and O–H groups in total. The predicted octanol–water partition coefficient (Wildman–Crippen LogP) is 1.71. The molecule has 5 aliphatic rings. The fourth-order valence-corrected chi connectivity index (χ4v) is 6.83. The number of hydrogen-bond acceptors (Lipinski definition) is 5. The molecule has 140 valence electrons. The highest BCUT2D eigenvalue weighted by atomic mass is 16.5. The van der Waals surface area contributed by atoms with Crippen LogP contribution in [0.25, 0.3) is 0 Å². The number of phenolic OH excluding ortho intramolecular Hbond substituents is 1. The lowest BCUT2D eigenvalue weighted by atomic mass is 9.48. The molecule has 2 heterocycles. The average molecular weight is 357 g/mol. The number of nitrogens with zero attached hydrogens (tertiary/aromatic N) is 1. The monoisotopic (exact) mass is 357 g/mol. The van der Waals surface area contributed by atoms with Gasteiger partial charge in [-0.2, -0.15) is 0 Å². The lowest BCUT2D eigenvalue weighted by Gasteiger charge is -2.64. The molecule has 1 saturated heterocycles. The van der Waals surface area contributed by atoms with Crippen molar-refractivity contribution in [2.24, 2.45) is 5.92 Å². The molecule has 3 aliphatic carbocycles. The number of ether oxygens (including phenoxy) is 1. The number of hydrogen-bond donors (Lipinski definition) is 3. The maximum absolute atomic E-state index is 12.1.